The lowest BCUT2D eigenvalue weighted by molar-refractivity contribution is 0.103. The second kappa shape index (κ2) is 4.95. The van der Waals surface area contributed by atoms with Crippen LogP contribution in [0.15, 0.2) is 20.4 Å². The molecule has 0 unspecified atom stereocenters. The molecule has 16 heavy (non-hydrogen) atoms. The third-order valence-corrected chi connectivity index (χ3v) is 5.78. The highest BCUT2D eigenvalue weighted by molar-refractivity contribution is 9.13. The Morgan fingerprint density at radius 3 is 2.69 bits per heavy atom. The van der Waals surface area contributed by atoms with Gasteiger partial charge in [-0.2, -0.15) is 4.37 Å². The zero-order chi connectivity index (χ0) is 11.7. The molecule has 0 radical (unpaired) electrons. The van der Waals surface area contributed by atoms with Crippen LogP contribution in [0.2, 0.25) is 0 Å². The average molecular weight is 382 g/mol. The molecule has 0 atom stereocenters. The third kappa shape index (κ3) is 2.71. The lowest BCUT2D eigenvalue weighted by Gasteiger charge is -1.97. The maximum atomic E-state index is 11.8. The summed E-state index contributed by atoms with van der Waals surface area (Å²) in [5.41, 5.74) is 0.911. The molecule has 7 heteroatoms. The van der Waals surface area contributed by atoms with E-state index in [1.807, 2.05) is 13.0 Å². The molecular formula is C9H6Br2N2OS2. The molecule has 0 aliphatic carbocycles. The third-order valence-electron chi connectivity index (χ3n) is 1.73. The van der Waals surface area contributed by atoms with Gasteiger partial charge >= 0.3 is 0 Å². The Labute approximate surface area is 117 Å². The topological polar surface area (TPSA) is 42.0 Å². The fourth-order valence-corrected chi connectivity index (χ4v) is 3.64. The van der Waals surface area contributed by atoms with Crippen molar-refractivity contribution in [3.05, 3.63) is 31.0 Å². The van der Waals surface area contributed by atoms with Crippen molar-refractivity contribution in [2.75, 3.05) is 5.32 Å². The summed E-state index contributed by atoms with van der Waals surface area (Å²) in [5.74, 6) is -0.111. The van der Waals surface area contributed by atoms with E-state index in [-0.39, 0.29) is 5.91 Å². The molecule has 2 heterocycles. The molecule has 0 spiro atoms. The first-order valence-corrected chi connectivity index (χ1v) is 7.43. The van der Waals surface area contributed by atoms with E-state index in [9.17, 15) is 4.79 Å². The predicted molar refractivity (Wildman–Crippen MR) is 74.5 cm³/mol. The van der Waals surface area contributed by atoms with Gasteiger partial charge in [0, 0.05) is 4.47 Å². The number of nitrogens with zero attached hydrogens (tertiary/aromatic N) is 1. The number of carbonyl (C=O) groups excluding carboxylic acids is 1. The van der Waals surface area contributed by atoms with Gasteiger partial charge in [-0.3, -0.25) is 4.79 Å². The molecular weight excluding hydrogens is 376 g/mol. The van der Waals surface area contributed by atoms with Gasteiger partial charge < -0.3 is 5.32 Å². The second-order valence-electron chi connectivity index (χ2n) is 3.02. The van der Waals surface area contributed by atoms with Crippen LogP contribution in [0.25, 0.3) is 0 Å². The molecule has 0 fully saturated rings. The minimum absolute atomic E-state index is 0.111. The van der Waals surface area contributed by atoms with Crippen molar-refractivity contribution in [2.45, 2.75) is 6.92 Å². The molecule has 0 aliphatic rings. The largest absolute Gasteiger partial charge is 0.312 e. The summed E-state index contributed by atoms with van der Waals surface area (Å²) in [6.07, 6.45) is 0. The Morgan fingerprint density at radius 2 is 2.19 bits per heavy atom. The molecule has 0 aromatic carbocycles. The number of aromatic nitrogens is 1. The summed E-state index contributed by atoms with van der Waals surface area (Å²) < 4.78 is 5.90. The van der Waals surface area contributed by atoms with Gasteiger partial charge in [-0.15, -0.1) is 11.3 Å². The zero-order valence-electron chi connectivity index (χ0n) is 8.08. The number of nitrogens with one attached hydrogen (secondary N) is 1. The number of halogens is 2. The van der Waals surface area contributed by atoms with Crippen LogP contribution in [0.3, 0.4) is 0 Å². The maximum absolute atomic E-state index is 11.8. The summed E-state index contributed by atoms with van der Waals surface area (Å²) in [7, 11) is 0. The Balaban J connectivity index is 2.14. The standard InChI is InChI=1S/C9H6Br2N2OS2/c1-4-2-7(16-13-4)12-9(14)6-3-5(10)8(11)15-6/h2-3H,1H3,(H,12,14). The molecule has 3 nitrogen and oxygen atoms in total. The number of rotatable bonds is 2. The zero-order valence-corrected chi connectivity index (χ0v) is 12.9. The van der Waals surface area contributed by atoms with Crippen LogP contribution >= 0.6 is 54.7 Å². The summed E-state index contributed by atoms with van der Waals surface area (Å²) in [5, 5.41) is 3.57. The summed E-state index contributed by atoms with van der Waals surface area (Å²) >= 11 is 9.38. The van der Waals surface area contributed by atoms with Crippen LogP contribution in [-0.2, 0) is 0 Å². The number of anilines is 1. The Hall–Kier alpha value is -0.240. The summed E-state index contributed by atoms with van der Waals surface area (Å²) in [6.45, 7) is 1.89. The van der Waals surface area contributed by atoms with Gasteiger partial charge in [-0.1, -0.05) is 0 Å². The van der Waals surface area contributed by atoms with Crippen LogP contribution < -0.4 is 5.32 Å². The highest BCUT2D eigenvalue weighted by atomic mass is 79.9. The number of amides is 1. The first-order valence-electron chi connectivity index (χ1n) is 4.26. The molecule has 2 aromatic heterocycles. The Morgan fingerprint density at radius 1 is 1.44 bits per heavy atom. The monoisotopic (exact) mass is 380 g/mol. The first kappa shape index (κ1) is 12.2. The molecule has 0 saturated carbocycles. The number of carbonyl (C=O) groups is 1. The van der Waals surface area contributed by atoms with Crippen LogP contribution in [0.1, 0.15) is 15.4 Å². The van der Waals surface area contributed by atoms with Gasteiger partial charge in [0.2, 0.25) is 0 Å². The van der Waals surface area contributed by atoms with Gasteiger partial charge in [0.05, 0.1) is 14.4 Å². The smallest absolute Gasteiger partial charge is 0.266 e. The van der Waals surface area contributed by atoms with E-state index in [2.05, 4.69) is 41.6 Å². The van der Waals surface area contributed by atoms with Crippen molar-refractivity contribution in [1.29, 1.82) is 0 Å². The van der Waals surface area contributed by atoms with Crippen LogP contribution in [-0.4, -0.2) is 10.3 Å². The summed E-state index contributed by atoms with van der Waals surface area (Å²) in [4.78, 5) is 12.5. The quantitative estimate of drug-likeness (QED) is 0.842. The summed E-state index contributed by atoms with van der Waals surface area (Å²) in [6, 6.07) is 3.64. The molecule has 0 bridgehead atoms. The first-order chi connectivity index (χ1) is 7.56. The number of aryl methyl sites for hydroxylation is 1. The molecule has 0 aliphatic heterocycles. The van der Waals surface area contributed by atoms with Crippen LogP contribution in [0.5, 0.6) is 0 Å². The van der Waals surface area contributed by atoms with E-state index < -0.39 is 0 Å². The molecule has 1 N–H and O–H groups in total. The van der Waals surface area contributed by atoms with Crippen molar-refractivity contribution < 1.29 is 4.79 Å². The van der Waals surface area contributed by atoms with Crippen molar-refractivity contribution in [3.63, 3.8) is 0 Å². The lowest BCUT2D eigenvalue weighted by atomic mass is 10.4. The highest BCUT2D eigenvalue weighted by Gasteiger charge is 2.12. The van der Waals surface area contributed by atoms with E-state index in [0.717, 1.165) is 19.0 Å². The van der Waals surface area contributed by atoms with E-state index >= 15 is 0 Å². The van der Waals surface area contributed by atoms with E-state index in [0.29, 0.717) is 4.88 Å². The second-order valence-corrected chi connectivity index (χ2v) is 7.05. The van der Waals surface area contributed by atoms with Crippen molar-refractivity contribution in [3.8, 4) is 0 Å². The molecule has 2 aromatic rings. The van der Waals surface area contributed by atoms with Crippen LogP contribution in [0.4, 0.5) is 5.00 Å². The van der Waals surface area contributed by atoms with E-state index in [4.69, 9.17) is 0 Å². The number of hydrogen-bond acceptors (Lipinski definition) is 4. The maximum Gasteiger partial charge on any atom is 0.266 e. The number of hydrogen-bond donors (Lipinski definition) is 1. The molecule has 2 rings (SSSR count). The van der Waals surface area contributed by atoms with Crippen LogP contribution in [0, 0.1) is 6.92 Å². The van der Waals surface area contributed by atoms with Crippen molar-refractivity contribution in [1.82, 2.24) is 4.37 Å². The van der Waals surface area contributed by atoms with Gasteiger partial charge in [-0.25, -0.2) is 0 Å². The average Bonchev–Trinajstić information content (AvgIpc) is 2.75. The lowest BCUT2D eigenvalue weighted by Crippen LogP contribution is -2.08. The van der Waals surface area contributed by atoms with Gasteiger partial charge in [0.25, 0.3) is 5.91 Å². The van der Waals surface area contributed by atoms with Crippen molar-refractivity contribution in [2.24, 2.45) is 0 Å². The predicted octanol–water partition coefficient (Wildman–Crippen LogP) is 4.29. The Kier molecular flexibility index (Phi) is 3.78. The minimum atomic E-state index is -0.111. The minimum Gasteiger partial charge on any atom is -0.312 e. The van der Waals surface area contributed by atoms with Gasteiger partial charge in [-0.05, 0) is 62.4 Å². The van der Waals surface area contributed by atoms with Crippen molar-refractivity contribution >= 4 is 65.6 Å². The highest BCUT2D eigenvalue weighted by Crippen LogP contribution is 2.32. The fourth-order valence-electron chi connectivity index (χ4n) is 1.05. The molecule has 1 amide bonds. The molecule has 0 saturated heterocycles. The fraction of sp³-hybridized carbons (Fsp3) is 0.111. The Bertz CT molecular complexity index is 516. The normalized spacial score (nSPS) is 10.4. The van der Waals surface area contributed by atoms with E-state index in [1.54, 1.807) is 6.07 Å². The number of thiophene rings is 1. The molecule has 84 valence electrons. The van der Waals surface area contributed by atoms with Gasteiger partial charge in [0.15, 0.2) is 0 Å². The van der Waals surface area contributed by atoms with E-state index in [1.165, 1.54) is 22.9 Å². The SMILES string of the molecule is Cc1cc(NC(=O)c2cc(Br)c(Br)s2)sn1. The van der Waals surface area contributed by atoms with Gasteiger partial charge in [0.1, 0.15) is 5.00 Å².